The maximum Gasteiger partial charge on any atom is 0.472 e. The van der Waals surface area contributed by atoms with Crippen LogP contribution in [0.1, 0.15) is 342 Å². The maximum atomic E-state index is 13.0. The number of hydrogen-bond acceptors (Lipinski definition) is 15. The lowest BCUT2D eigenvalue weighted by Gasteiger charge is -2.21. The molecule has 0 aliphatic carbocycles. The topological polar surface area (TPSA) is 237 Å². The van der Waals surface area contributed by atoms with E-state index < -0.39 is 97.5 Å². The summed E-state index contributed by atoms with van der Waals surface area (Å²) >= 11 is 0. The molecule has 0 aromatic carbocycles. The van der Waals surface area contributed by atoms with E-state index in [0.717, 1.165) is 96.3 Å². The van der Waals surface area contributed by atoms with Gasteiger partial charge in [-0.1, -0.05) is 291 Å². The van der Waals surface area contributed by atoms with Crippen LogP contribution in [0, 0.1) is 0 Å². The predicted octanol–water partition coefficient (Wildman–Crippen LogP) is 18.7. The average molecular weight is 1260 g/mol. The van der Waals surface area contributed by atoms with E-state index in [-0.39, 0.29) is 25.7 Å². The Morgan fingerprint density at radius 3 is 0.694 bits per heavy atom. The smallest absolute Gasteiger partial charge is 0.462 e. The third-order valence-corrected chi connectivity index (χ3v) is 17.3. The lowest BCUT2D eigenvalue weighted by molar-refractivity contribution is -0.161. The summed E-state index contributed by atoms with van der Waals surface area (Å²) in [6, 6.07) is 0. The molecule has 0 aliphatic heterocycles. The summed E-state index contributed by atoms with van der Waals surface area (Å²) in [5.74, 6) is -2.15. The predicted molar refractivity (Wildman–Crippen MR) is 340 cm³/mol. The Morgan fingerprint density at radius 2 is 0.471 bits per heavy atom. The molecule has 0 rings (SSSR count). The Labute approximate surface area is 517 Å². The first-order valence-corrected chi connectivity index (χ1v) is 37.8. The molecule has 19 heteroatoms. The number of phosphoric ester groups is 2. The lowest BCUT2D eigenvalue weighted by Crippen LogP contribution is -2.30. The number of ether oxygens (including phenoxy) is 4. The summed E-state index contributed by atoms with van der Waals surface area (Å²) in [6.45, 7) is 4.72. The van der Waals surface area contributed by atoms with Gasteiger partial charge in [0.05, 0.1) is 26.4 Å². The number of rotatable bonds is 67. The molecule has 85 heavy (non-hydrogen) atoms. The Morgan fingerprint density at radius 1 is 0.282 bits per heavy atom. The molecule has 0 aliphatic rings. The minimum absolute atomic E-state index is 0.0992. The van der Waals surface area contributed by atoms with Crippen LogP contribution in [-0.4, -0.2) is 96.7 Å². The van der Waals surface area contributed by atoms with Gasteiger partial charge in [-0.3, -0.25) is 37.3 Å². The second-order valence-electron chi connectivity index (χ2n) is 23.9. The van der Waals surface area contributed by atoms with E-state index in [4.69, 9.17) is 37.0 Å². The van der Waals surface area contributed by atoms with Gasteiger partial charge in [0.25, 0.3) is 0 Å². The zero-order valence-corrected chi connectivity index (χ0v) is 56.4. The molecule has 3 N–H and O–H groups in total. The molecule has 0 fully saturated rings. The normalized spacial score (nSPS) is 14.1. The highest BCUT2D eigenvalue weighted by Crippen LogP contribution is 2.45. The lowest BCUT2D eigenvalue weighted by atomic mass is 10.0. The SMILES string of the molecule is CCCCCCCCCCCCCCCCCCCCCCCCC(=O)O[C@H](COC(=O)CCCCCCCCCCCCCCC)COP(=O)(O)OC[C@@H](O)COP(=O)(O)OC[C@@H](COC(=O)CCCCCCC)OC(=O)CCCCCCC. The van der Waals surface area contributed by atoms with Gasteiger partial charge in [0.1, 0.15) is 19.3 Å². The number of hydrogen-bond donors (Lipinski definition) is 3. The Hall–Kier alpha value is -1.94. The zero-order chi connectivity index (χ0) is 62.6. The van der Waals surface area contributed by atoms with Crippen molar-refractivity contribution in [1.82, 2.24) is 0 Å². The molecular formula is C66H128O17P2. The van der Waals surface area contributed by atoms with Gasteiger partial charge in [-0.2, -0.15) is 0 Å². The van der Waals surface area contributed by atoms with Crippen LogP contribution in [0.15, 0.2) is 0 Å². The van der Waals surface area contributed by atoms with E-state index in [1.165, 1.54) is 167 Å². The van der Waals surface area contributed by atoms with Gasteiger partial charge >= 0.3 is 39.5 Å². The fraction of sp³-hybridized carbons (Fsp3) is 0.939. The van der Waals surface area contributed by atoms with Crippen molar-refractivity contribution < 1.29 is 80.2 Å². The van der Waals surface area contributed by atoms with E-state index >= 15 is 0 Å². The molecular weight excluding hydrogens is 1130 g/mol. The molecule has 17 nitrogen and oxygen atoms in total. The molecule has 5 atom stereocenters. The molecule has 504 valence electrons. The summed E-state index contributed by atoms with van der Waals surface area (Å²) < 4.78 is 67.6. The largest absolute Gasteiger partial charge is 0.472 e. The molecule has 0 radical (unpaired) electrons. The first-order chi connectivity index (χ1) is 41.2. The van der Waals surface area contributed by atoms with Crippen molar-refractivity contribution in [2.75, 3.05) is 39.6 Å². The highest BCUT2D eigenvalue weighted by atomic mass is 31.2. The fourth-order valence-corrected chi connectivity index (χ4v) is 11.6. The van der Waals surface area contributed by atoms with E-state index in [9.17, 15) is 43.2 Å². The summed E-state index contributed by atoms with van der Waals surface area (Å²) in [7, 11) is -9.87. The van der Waals surface area contributed by atoms with Crippen molar-refractivity contribution in [1.29, 1.82) is 0 Å². The molecule has 0 aromatic heterocycles. The van der Waals surface area contributed by atoms with Crippen molar-refractivity contribution in [2.24, 2.45) is 0 Å². The van der Waals surface area contributed by atoms with Crippen molar-refractivity contribution in [3.63, 3.8) is 0 Å². The molecule has 0 saturated carbocycles. The molecule has 2 unspecified atom stereocenters. The van der Waals surface area contributed by atoms with Gasteiger partial charge in [-0.15, -0.1) is 0 Å². The van der Waals surface area contributed by atoms with Crippen LogP contribution in [0.5, 0.6) is 0 Å². The van der Waals surface area contributed by atoms with Crippen LogP contribution in [-0.2, 0) is 65.4 Å². The van der Waals surface area contributed by atoms with Crippen LogP contribution in [0.2, 0.25) is 0 Å². The van der Waals surface area contributed by atoms with Gasteiger partial charge < -0.3 is 33.8 Å². The highest BCUT2D eigenvalue weighted by Gasteiger charge is 2.30. The third kappa shape index (κ3) is 60.7. The van der Waals surface area contributed by atoms with Gasteiger partial charge in [0, 0.05) is 25.7 Å². The first kappa shape index (κ1) is 83.1. The first-order valence-electron chi connectivity index (χ1n) is 34.8. The summed E-state index contributed by atoms with van der Waals surface area (Å²) in [5, 5.41) is 10.5. The van der Waals surface area contributed by atoms with Gasteiger partial charge in [0.2, 0.25) is 0 Å². The molecule has 0 heterocycles. The number of phosphoric acid groups is 2. The van der Waals surface area contributed by atoms with Crippen molar-refractivity contribution in [2.45, 2.75) is 361 Å². The number of carbonyl (C=O) groups excluding carboxylic acids is 4. The maximum absolute atomic E-state index is 13.0. The monoisotopic (exact) mass is 1250 g/mol. The minimum Gasteiger partial charge on any atom is -0.462 e. The zero-order valence-electron chi connectivity index (χ0n) is 54.6. The standard InChI is InChI=1S/C66H128O17P2/c1-5-9-13-17-19-21-23-25-26-27-28-29-30-31-32-33-35-37-39-41-45-49-53-66(71)83-62(57-77-64(69)51-47-44-40-38-36-34-24-22-20-18-14-10-6-2)59-81-85(74,75)79-55-60(67)54-78-84(72,73)80-58-61(82-65(70)52-48-43-16-12-8-4)56-76-63(68)50-46-42-15-11-7-3/h60-62,67H,5-59H2,1-4H3,(H,72,73)(H,74,75)/t60-,61+,62+/m0/s1. The van der Waals surface area contributed by atoms with Crippen LogP contribution >= 0.6 is 15.6 Å². The summed E-state index contributed by atoms with van der Waals surface area (Å²) in [4.78, 5) is 71.7. The molecule has 0 saturated heterocycles. The van der Waals surface area contributed by atoms with E-state index in [2.05, 4.69) is 27.7 Å². The van der Waals surface area contributed by atoms with Gasteiger partial charge in [-0.25, -0.2) is 9.13 Å². The highest BCUT2D eigenvalue weighted by molar-refractivity contribution is 7.47. The Kier molecular flexibility index (Phi) is 59.6. The second-order valence-corrected chi connectivity index (χ2v) is 26.8. The van der Waals surface area contributed by atoms with Crippen LogP contribution < -0.4 is 0 Å². The summed E-state index contributed by atoms with van der Waals surface area (Å²) in [6.07, 6.45) is 48.3. The van der Waals surface area contributed by atoms with E-state index in [1.54, 1.807) is 0 Å². The summed E-state index contributed by atoms with van der Waals surface area (Å²) in [5.41, 5.74) is 0. The fourth-order valence-electron chi connectivity index (χ4n) is 9.99. The average Bonchev–Trinajstić information content (AvgIpc) is 3.50. The van der Waals surface area contributed by atoms with Crippen LogP contribution in [0.4, 0.5) is 0 Å². The Bertz CT molecular complexity index is 1640. The van der Waals surface area contributed by atoms with Gasteiger partial charge in [-0.05, 0) is 25.7 Å². The number of carbonyl (C=O) groups is 4. The molecule has 0 amide bonds. The van der Waals surface area contributed by atoms with Crippen molar-refractivity contribution in [3.05, 3.63) is 0 Å². The number of aliphatic hydroxyl groups is 1. The quantitative estimate of drug-likeness (QED) is 0.0222. The van der Waals surface area contributed by atoms with Crippen molar-refractivity contribution in [3.8, 4) is 0 Å². The van der Waals surface area contributed by atoms with E-state index in [0.29, 0.717) is 25.7 Å². The minimum atomic E-state index is -4.94. The van der Waals surface area contributed by atoms with Gasteiger partial charge in [0.15, 0.2) is 12.2 Å². The second kappa shape index (κ2) is 60.9. The third-order valence-electron chi connectivity index (χ3n) is 15.4. The molecule has 0 bridgehead atoms. The van der Waals surface area contributed by atoms with E-state index in [1.807, 2.05) is 0 Å². The van der Waals surface area contributed by atoms with Crippen LogP contribution in [0.3, 0.4) is 0 Å². The number of aliphatic hydroxyl groups excluding tert-OH is 1. The van der Waals surface area contributed by atoms with Crippen molar-refractivity contribution >= 4 is 39.5 Å². The number of unbranched alkanes of at least 4 members (excludes halogenated alkanes) is 41. The molecule has 0 spiro atoms. The number of esters is 4. The molecule has 0 aromatic rings. The van der Waals surface area contributed by atoms with Crippen LogP contribution in [0.25, 0.3) is 0 Å². The Balaban J connectivity index is 5.01.